The zero-order chi connectivity index (χ0) is 25.0. The molecule has 0 radical (unpaired) electrons. The molecule has 4 heterocycles. The summed E-state index contributed by atoms with van der Waals surface area (Å²) in [6, 6.07) is 4.04. The van der Waals surface area contributed by atoms with Gasteiger partial charge in [0.05, 0.1) is 11.4 Å². The molecule has 2 amide bonds. The predicted molar refractivity (Wildman–Crippen MR) is 143 cm³/mol. The third-order valence-electron chi connectivity index (χ3n) is 5.46. The number of halogens is 2. The summed E-state index contributed by atoms with van der Waals surface area (Å²) in [6.07, 6.45) is 6.99. The Hall–Kier alpha value is -2.72. The lowest BCUT2D eigenvalue weighted by Gasteiger charge is -2.16. The van der Waals surface area contributed by atoms with Crippen molar-refractivity contribution in [2.45, 2.75) is 47.5 Å². The summed E-state index contributed by atoms with van der Waals surface area (Å²) in [6.45, 7) is 10.7. The summed E-state index contributed by atoms with van der Waals surface area (Å²) in [7, 11) is 0. The summed E-state index contributed by atoms with van der Waals surface area (Å²) in [5.41, 5.74) is 5.79. The number of aromatic nitrogens is 4. The minimum atomic E-state index is 0.635. The Balaban J connectivity index is 0.000000192. The van der Waals surface area contributed by atoms with Gasteiger partial charge in [-0.05, 0) is 88.7 Å². The van der Waals surface area contributed by atoms with E-state index in [-0.39, 0.29) is 0 Å². The average Bonchev–Trinajstić information content (AvgIpc) is 3.34. The van der Waals surface area contributed by atoms with E-state index in [1.54, 1.807) is 4.90 Å². The number of hydrogen-bond donors (Lipinski definition) is 1. The Morgan fingerprint density at radius 2 is 1.44 bits per heavy atom. The van der Waals surface area contributed by atoms with Crippen LogP contribution >= 0.6 is 31.9 Å². The minimum Gasteiger partial charge on any atom is -0.313 e. The molecule has 34 heavy (non-hydrogen) atoms. The van der Waals surface area contributed by atoms with E-state index >= 15 is 0 Å². The van der Waals surface area contributed by atoms with Crippen molar-refractivity contribution in [1.29, 1.82) is 0 Å². The van der Waals surface area contributed by atoms with Gasteiger partial charge in [0.15, 0.2) is 0 Å². The van der Waals surface area contributed by atoms with E-state index in [1.807, 2.05) is 67.9 Å². The number of pyridine rings is 2. The highest BCUT2D eigenvalue weighted by Crippen LogP contribution is 2.27. The van der Waals surface area contributed by atoms with Crippen molar-refractivity contribution in [3.63, 3.8) is 0 Å². The number of amides is 2. The molecular formula is C24H28Br2N6O2. The number of hydrogen-bond acceptors (Lipinski definition) is 4. The maximum atomic E-state index is 11.2. The second kappa shape index (κ2) is 11.1. The number of fused-ring (bicyclic) bond motifs is 2. The fourth-order valence-corrected chi connectivity index (χ4v) is 4.99. The molecular weight excluding hydrogens is 564 g/mol. The molecule has 8 nitrogen and oxygen atoms in total. The Kier molecular flexibility index (Phi) is 8.48. The van der Waals surface area contributed by atoms with Crippen LogP contribution in [0, 0.1) is 13.8 Å². The normalized spacial score (nSPS) is 10.8. The lowest BCUT2D eigenvalue weighted by Crippen LogP contribution is -2.23. The zero-order valence-corrected chi connectivity index (χ0v) is 23.1. The van der Waals surface area contributed by atoms with Crippen molar-refractivity contribution < 1.29 is 9.59 Å². The molecule has 0 aliphatic heterocycles. The van der Waals surface area contributed by atoms with E-state index in [0.717, 1.165) is 73.6 Å². The first-order chi connectivity index (χ1) is 16.3. The van der Waals surface area contributed by atoms with Crippen LogP contribution < -0.4 is 10.2 Å². The molecule has 0 fully saturated rings. The van der Waals surface area contributed by atoms with Gasteiger partial charge in [0, 0.05) is 27.9 Å². The zero-order valence-electron chi connectivity index (χ0n) is 19.9. The highest BCUT2D eigenvalue weighted by molar-refractivity contribution is 9.10. The van der Waals surface area contributed by atoms with Gasteiger partial charge in [-0.3, -0.25) is 23.3 Å². The molecule has 10 heteroatoms. The Labute approximate surface area is 215 Å². The van der Waals surface area contributed by atoms with Crippen molar-refractivity contribution >= 4 is 67.6 Å². The van der Waals surface area contributed by atoms with Crippen LogP contribution in [0.25, 0.3) is 11.3 Å². The molecule has 0 saturated heterocycles. The van der Waals surface area contributed by atoms with Crippen molar-refractivity contribution in [2.24, 2.45) is 0 Å². The number of nitrogens with one attached hydrogen (secondary N) is 1. The number of carbonyl (C=O) groups excluding carboxylic acids is 2. The van der Waals surface area contributed by atoms with Crippen LogP contribution in [0.4, 0.5) is 11.6 Å². The molecule has 1 N–H and O–H groups in total. The van der Waals surface area contributed by atoms with Gasteiger partial charge in [0.1, 0.15) is 22.9 Å². The first-order valence-corrected chi connectivity index (χ1v) is 12.6. The monoisotopic (exact) mass is 590 g/mol. The predicted octanol–water partition coefficient (Wildman–Crippen LogP) is 5.49. The van der Waals surface area contributed by atoms with Gasteiger partial charge in [0.2, 0.25) is 12.8 Å². The Morgan fingerprint density at radius 1 is 0.912 bits per heavy atom. The van der Waals surface area contributed by atoms with Crippen LogP contribution in [0.15, 0.2) is 33.5 Å². The molecule has 4 aromatic heterocycles. The van der Waals surface area contributed by atoms with Crippen LogP contribution in [0.1, 0.15) is 43.3 Å². The summed E-state index contributed by atoms with van der Waals surface area (Å²) in [5.74, 6) is 1.62. The van der Waals surface area contributed by atoms with Crippen LogP contribution in [0.3, 0.4) is 0 Å². The summed E-state index contributed by atoms with van der Waals surface area (Å²) in [4.78, 5) is 32.6. The second-order valence-corrected chi connectivity index (χ2v) is 9.55. The van der Waals surface area contributed by atoms with E-state index in [9.17, 15) is 9.59 Å². The molecule has 0 aliphatic carbocycles. The third-order valence-corrected chi connectivity index (χ3v) is 6.33. The Bertz CT molecular complexity index is 1340. The molecule has 0 atom stereocenters. The first kappa shape index (κ1) is 25.9. The quantitative estimate of drug-likeness (QED) is 0.288. The van der Waals surface area contributed by atoms with E-state index < -0.39 is 0 Å². The maximum absolute atomic E-state index is 11.2. The van der Waals surface area contributed by atoms with Gasteiger partial charge < -0.3 is 5.32 Å². The van der Waals surface area contributed by atoms with Crippen LogP contribution in [-0.4, -0.2) is 38.1 Å². The molecule has 180 valence electrons. The molecule has 0 aromatic carbocycles. The number of nitrogens with zero attached hydrogens (tertiary/aromatic N) is 5. The SMILES string of the molecule is CCc1nc2c(C)cc(Br)cn2c1N(C=O)CC.CCc1nc2c(C)cc(Br)cn2c1NC=O. The molecule has 0 unspecified atom stereocenters. The number of anilines is 2. The molecule has 0 aliphatic rings. The number of imidazole rings is 2. The van der Waals surface area contributed by atoms with Gasteiger partial charge >= 0.3 is 0 Å². The van der Waals surface area contributed by atoms with E-state index in [2.05, 4.69) is 47.1 Å². The standard InChI is InChI=1S/C13H16BrN3O.C11H12BrN3O/c1-4-11-13(16(5-2)8-18)17-7-10(14)6-9(3)12(17)15-11;1-3-9-11(13-6-16)15-5-8(12)4-7(2)10(15)14-9/h6-8H,4-5H2,1-3H3;4-6H,3H2,1-2H3,(H,13,16). The van der Waals surface area contributed by atoms with E-state index in [0.29, 0.717) is 13.0 Å². The molecule has 0 spiro atoms. The molecule has 0 saturated carbocycles. The van der Waals surface area contributed by atoms with Gasteiger partial charge in [-0.1, -0.05) is 13.8 Å². The van der Waals surface area contributed by atoms with Gasteiger partial charge in [-0.2, -0.15) is 0 Å². The summed E-state index contributed by atoms with van der Waals surface area (Å²) < 4.78 is 5.82. The van der Waals surface area contributed by atoms with Crippen LogP contribution in [-0.2, 0) is 22.4 Å². The van der Waals surface area contributed by atoms with E-state index in [4.69, 9.17) is 0 Å². The maximum Gasteiger partial charge on any atom is 0.215 e. The van der Waals surface area contributed by atoms with Crippen molar-refractivity contribution in [2.75, 3.05) is 16.8 Å². The minimum absolute atomic E-state index is 0.635. The van der Waals surface area contributed by atoms with Crippen molar-refractivity contribution in [3.05, 3.63) is 56.0 Å². The van der Waals surface area contributed by atoms with Crippen LogP contribution in [0.2, 0.25) is 0 Å². The van der Waals surface area contributed by atoms with Gasteiger partial charge in [-0.25, -0.2) is 9.97 Å². The fraction of sp³-hybridized carbons (Fsp3) is 0.333. The van der Waals surface area contributed by atoms with Crippen molar-refractivity contribution in [3.8, 4) is 0 Å². The highest BCUT2D eigenvalue weighted by Gasteiger charge is 2.17. The molecule has 4 aromatic rings. The van der Waals surface area contributed by atoms with Gasteiger partial charge in [-0.15, -0.1) is 0 Å². The topological polar surface area (TPSA) is 84.0 Å². The lowest BCUT2D eigenvalue weighted by atomic mass is 10.3. The number of rotatable bonds is 7. The van der Waals surface area contributed by atoms with Crippen LogP contribution in [0.5, 0.6) is 0 Å². The molecule has 4 rings (SSSR count). The van der Waals surface area contributed by atoms with Gasteiger partial charge in [0.25, 0.3) is 0 Å². The highest BCUT2D eigenvalue weighted by atomic mass is 79.9. The number of aryl methyl sites for hydroxylation is 4. The Morgan fingerprint density at radius 3 is 1.94 bits per heavy atom. The summed E-state index contributed by atoms with van der Waals surface area (Å²) in [5, 5.41) is 2.70. The first-order valence-electron chi connectivity index (χ1n) is 11.1. The van der Waals surface area contributed by atoms with E-state index in [1.165, 1.54) is 0 Å². The molecule has 0 bridgehead atoms. The lowest BCUT2D eigenvalue weighted by molar-refractivity contribution is -0.107. The van der Waals surface area contributed by atoms with Crippen molar-refractivity contribution in [1.82, 2.24) is 18.8 Å². The third kappa shape index (κ3) is 5.02. The second-order valence-electron chi connectivity index (χ2n) is 7.72. The largest absolute Gasteiger partial charge is 0.313 e. The smallest absolute Gasteiger partial charge is 0.215 e. The summed E-state index contributed by atoms with van der Waals surface area (Å²) >= 11 is 6.92. The fourth-order valence-electron chi connectivity index (χ4n) is 3.89. The number of carbonyl (C=O) groups is 2. The average molecular weight is 592 g/mol.